The van der Waals surface area contributed by atoms with Crippen molar-refractivity contribution in [3.63, 3.8) is 0 Å². The van der Waals surface area contributed by atoms with Crippen LogP contribution in [0.3, 0.4) is 0 Å². The Bertz CT molecular complexity index is 629. The highest BCUT2D eigenvalue weighted by Crippen LogP contribution is 2.24. The zero-order chi connectivity index (χ0) is 19.6. The Morgan fingerprint density at radius 1 is 1.22 bits per heavy atom. The Morgan fingerprint density at radius 2 is 2.00 bits per heavy atom. The van der Waals surface area contributed by atoms with Gasteiger partial charge >= 0.3 is 5.97 Å². The van der Waals surface area contributed by atoms with Crippen molar-refractivity contribution in [2.45, 2.75) is 52.5 Å². The molecule has 0 bridgehead atoms. The molecule has 6 nitrogen and oxygen atoms in total. The summed E-state index contributed by atoms with van der Waals surface area (Å²) in [6, 6.07) is 5.03. The highest BCUT2D eigenvalue weighted by Gasteiger charge is 2.18. The summed E-state index contributed by atoms with van der Waals surface area (Å²) in [6.45, 7) is 7.33. The van der Waals surface area contributed by atoms with E-state index in [1.54, 1.807) is 12.1 Å². The summed E-state index contributed by atoms with van der Waals surface area (Å²) in [5, 5.41) is 12.3. The predicted octanol–water partition coefficient (Wildman–Crippen LogP) is 3.30. The number of amides is 1. The average molecular weight is 376 g/mol. The molecule has 150 valence electrons. The predicted molar refractivity (Wildman–Crippen MR) is 105 cm³/mol. The van der Waals surface area contributed by atoms with Gasteiger partial charge in [-0.2, -0.15) is 0 Å². The average Bonchev–Trinajstić information content (AvgIpc) is 2.66. The molecule has 0 fully saturated rings. The number of carbonyl (C=O) groups is 2. The van der Waals surface area contributed by atoms with E-state index in [1.165, 1.54) is 0 Å². The first-order chi connectivity index (χ1) is 13.0. The summed E-state index contributed by atoms with van der Waals surface area (Å²) >= 11 is 0. The Morgan fingerprint density at radius 3 is 2.70 bits per heavy atom. The lowest BCUT2D eigenvalue weighted by Crippen LogP contribution is -2.39. The standard InChI is InChI=1S/C21H32N2O4/c1-3-16(4-2)13-23-14-18-9-8-17(21(25)26)12-19(18)27-11-7-5-6-10-22-20(24)15-23/h8-9,12,16H,3-7,10-11,13-15H2,1-2H3,(H,22,24)(H,25,26). The van der Waals surface area contributed by atoms with Crippen molar-refractivity contribution in [2.24, 2.45) is 5.92 Å². The number of hydrogen-bond acceptors (Lipinski definition) is 4. The first kappa shape index (κ1) is 21.2. The molecule has 2 rings (SSSR count). The maximum absolute atomic E-state index is 12.3. The van der Waals surface area contributed by atoms with Gasteiger partial charge in [-0.1, -0.05) is 32.8 Å². The van der Waals surface area contributed by atoms with Gasteiger partial charge in [0.25, 0.3) is 0 Å². The number of nitrogens with zero attached hydrogens (tertiary/aromatic N) is 1. The van der Waals surface area contributed by atoms with E-state index in [4.69, 9.17) is 4.74 Å². The van der Waals surface area contributed by atoms with Crippen molar-refractivity contribution in [1.82, 2.24) is 10.2 Å². The van der Waals surface area contributed by atoms with Crippen LogP contribution < -0.4 is 10.1 Å². The number of carbonyl (C=O) groups excluding carboxylic acids is 1. The lowest BCUT2D eigenvalue weighted by Gasteiger charge is -2.27. The zero-order valence-electron chi connectivity index (χ0n) is 16.5. The van der Waals surface area contributed by atoms with Crippen molar-refractivity contribution in [2.75, 3.05) is 26.2 Å². The summed E-state index contributed by atoms with van der Waals surface area (Å²) < 4.78 is 5.93. The molecule has 1 aromatic carbocycles. The highest BCUT2D eigenvalue weighted by molar-refractivity contribution is 5.88. The SMILES string of the molecule is CCC(CC)CN1CC(=O)NCCCCCOc2cc(C(=O)O)ccc2C1. The molecule has 0 spiro atoms. The summed E-state index contributed by atoms with van der Waals surface area (Å²) in [5.41, 5.74) is 1.15. The van der Waals surface area contributed by atoms with Crippen LogP contribution in [0.2, 0.25) is 0 Å². The van der Waals surface area contributed by atoms with E-state index in [0.717, 1.165) is 44.2 Å². The largest absolute Gasteiger partial charge is 0.493 e. The Kier molecular flexibility index (Phi) is 8.58. The lowest BCUT2D eigenvalue weighted by molar-refractivity contribution is -0.122. The number of nitrogens with one attached hydrogen (secondary N) is 1. The van der Waals surface area contributed by atoms with Gasteiger partial charge in [0.1, 0.15) is 5.75 Å². The van der Waals surface area contributed by atoms with Gasteiger partial charge in [0.15, 0.2) is 0 Å². The van der Waals surface area contributed by atoms with E-state index in [2.05, 4.69) is 24.1 Å². The Labute approximate surface area is 161 Å². The monoisotopic (exact) mass is 376 g/mol. The van der Waals surface area contributed by atoms with Crippen LogP contribution in [-0.4, -0.2) is 48.1 Å². The third kappa shape index (κ3) is 6.86. The van der Waals surface area contributed by atoms with Gasteiger partial charge in [-0.05, 0) is 37.3 Å². The number of carboxylic acid groups (broad SMARTS) is 1. The van der Waals surface area contributed by atoms with Gasteiger partial charge in [0.05, 0.1) is 18.7 Å². The van der Waals surface area contributed by atoms with E-state index >= 15 is 0 Å². The topological polar surface area (TPSA) is 78.9 Å². The van der Waals surface area contributed by atoms with Crippen molar-refractivity contribution in [3.8, 4) is 5.75 Å². The molecular weight excluding hydrogens is 344 g/mol. The second kappa shape index (κ2) is 10.9. The minimum absolute atomic E-state index is 0.0461. The van der Waals surface area contributed by atoms with Crippen LogP contribution in [0, 0.1) is 5.92 Å². The second-order valence-corrected chi connectivity index (χ2v) is 7.24. The molecule has 1 aliphatic rings. The summed E-state index contributed by atoms with van der Waals surface area (Å²) in [4.78, 5) is 25.8. The first-order valence-corrected chi connectivity index (χ1v) is 10.0. The first-order valence-electron chi connectivity index (χ1n) is 10.0. The molecule has 0 saturated heterocycles. The number of fused-ring (bicyclic) bond motifs is 1. The fourth-order valence-electron chi connectivity index (χ4n) is 3.36. The molecule has 6 heteroatoms. The van der Waals surface area contributed by atoms with Crippen LogP contribution in [0.5, 0.6) is 5.75 Å². The van der Waals surface area contributed by atoms with Gasteiger partial charge in [-0.15, -0.1) is 0 Å². The van der Waals surface area contributed by atoms with Crippen LogP contribution in [0.4, 0.5) is 0 Å². The van der Waals surface area contributed by atoms with E-state index in [0.29, 0.717) is 37.9 Å². The molecule has 0 atom stereocenters. The normalized spacial score (nSPS) is 17.1. The number of ether oxygens (including phenoxy) is 1. The molecule has 1 heterocycles. The van der Waals surface area contributed by atoms with E-state index in [-0.39, 0.29) is 11.5 Å². The van der Waals surface area contributed by atoms with Crippen LogP contribution >= 0.6 is 0 Å². The molecule has 0 radical (unpaired) electrons. The fraction of sp³-hybridized carbons (Fsp3) is 0.619. The maximum atomic E-state index is 12.3. The molecule has 0 saturated carbocycles. The van der Waals surface area contributed by atoms with E-state index in [9.17, 15) is 14.7 Å². The van der Waals surface area contributed by atoms with Crippen molar-refractivity contribution < 1.29 is 19.4 Å². The molecular formula is C21H32N2O4. The van der Waals surface area contributed by atoms with Crippen molar-refractivity contribution >= 4 is 11.9 Å². The molecule has 1 aromatic rings. The third-order valence-corrected chi connectivity index (χ3v) is 5.15. The molecule has 1 amide bonds. The van der Waals surface area contributed by atoms with Crippen LogP contribution in [0.25, 0.3) is 0 Å². The van der Waals surface area contributed by atoms with Crippen LogP contribution in [0.15, 0.2) is 18.2 Å². The van der Waals surface area contributed by atoms with Crippen molar-refractivity contribution in [1.29, 1.82) is 0 Å². The molecule has 2 N–H and O–H groups in total. The number of carboxylic acids is 1. The molecule has 0 unspecified atom stereocenters. The minimum atomic E-state index is -0.961. The smallest absolute Gasteiger partial charge is 0.335 e. The van der Waals surface area contributed by atoms with Gasteiger partial charge < -0.3 is 15.2 Å². The third-order valence-electron chi connectivity index (χ3n) is 5.15. The number of benzene rings is 1. The van der Waals surface area contributed by atoms with Gasteiger partial charge in [-0.3, -0.25) is 9.69 Å². The summed E-state index contributed by atoms with van der Waals surface area (Å²) in [7, 11) is 0. The highest BCUT2D eigenvalue weighted by atomic mass is 16.5. The van der Waals surface area contributed by atoms with Crippen LogP contribution in [0.1, 0.15) is 61.9 Å². The Hall–Kier alpha value is -2.08. The van der Waals surface area contributed by atoms with Gasteiger partial charge in [0.2, 0.25) is 5.91 Å². The van der Waals surface area contributed by atoms with Gasteiger partial charge in [0, 0.05) is 25.2 Å². The number of rotatable bonds is 5. The molecule has 0 aromatic heterocycles. The minimum Gasteiger partial charge on any atom is -0.493 e. The number of aromatic carboxylic acids is 1. The molecule has 27 heavy (non-hydrogen) atoms. The number of hydrogen-bond donors (Lipinski definition) is 2. The van der Waals surface area contributed by atoms with E-state index < -0.39 is 5.97 Å². The Balaban J connectivity index is 2.27. The molecule has 0 aliphatic carbocycles. The lowest BCUT2D eigenvalue weighted by atomic mass is 10.0. The summed E-state index contributed by atoms with van der Waals surface area (Å²) in [5.74, 6) is 0.225. The quantitative estimate of drug-likeness (QED) is 0.824. The second-order valence-electron chi connectivity index (χ2n) is 7.24. The van der Waals surface area contributed by atoms with Crippen molar-refractivity contribution in [3.05, 3.63) is 29.3 Å². The molecule has 1 aliphatic heterocycles. The van der Waals surface area contributed by atoms with E-state index in [1.807, 2.05) is 6.07 Å². The zero-order valence-corrected chi connectivity index (χ0v) is 16.5. The van der Waals surface area contributed by atoms with Gasteiger partial charge in [-0.25, -0.2) is 4.79 Å². The van der Waals surface area contributed by atoms with Crippen LogP contribution in [-0.2, 0) is 11.3 Å². The maximum Gasteiger partial charge on any atom is 0.335 e. The summed E-state index contributed by atoms with van der Waals surface area (Å²) in [6.07, 6.45) is 4.89. The fourth-order valence-corrected chi connectivity index (χ4v) is 3.36.